The lowest BCUT2D eigenvalue weighted by Crippen LogP contribution is -2.71. The van der Waals surface area contributed by atoms with Crippen LogP contribution >= 0.6 is 23.1 Å². The molecule has 4 aliphatic rings. The number of carbonyl (C=O) groups excluding carboxylic acids is 2. The number of anilines is 1. The summed E-state index contributed by atoms with van der Waals surface area (Å²) in [6, 6.07) is -0.884. The molecular weight excluding hydrogens is 510 g/mol. The number of carboxylic acid groups (broad SMARTS) is 1. The van der Waals surface area contributed by atoms with Crippen molar-refractivity contribution in [2.45, 2.75) is 75.6 Å². The molecular formula is C26H33N5O4S2. The largest absolute Gasteiger partial charge is 0.477 e. The summed E-state index contributed by atoms with van der Waals surface area (Å²) in [4.78, 5) is 43.4. The molecule has 0 aromatic carbocycles. The molecule has 1 aromatic heterocycles. The lowest BCUT2D eigenvalue weighted by Gasteiger charge is -2.49. The van der Waals surface area contributed by atoms with E-state index in [0.29, 0.717) is 23.2 Å². The summed E-state index contributed by atoms with van der Waals surface area (Å²) in [5.41, 5.74) is 7.50. The van der Waals surface area contributed by atoms with Gasteiger partial charge in [-0.2, -0.15) is 0 Å². The number of aliphatic carboxylic acids is 1. The van der Waals surface area contributed by atoms with Gasteiger partial charge in [-0.3, -0.25) is 19.9 Å². The van der Waals surface area contributed by atoms with E-state index >= 15 is 0 Å². The molecule has 37 heavy (non-hydrogen) atoms. The zero-order chi connectivity index (χ0) is 26.1. The van der Waals surface area contributed by atoms with Crippen LogP contribution in [0.4, 0.5) is 5.13 Å². The average molecular weight is 544 g/mol. The lowest BCUT2D eigenvalue weighted by atomic mass is 9.73. The molecule has 2 aliphatic heterocycles. The number of aromatic nitrogens is 1. The molecule has 3 heterocycles. The highest BCUT2D eigenvalue weighted by Gasteiger charge is 2.54. The maximum absolute atomic E-state index is 13.1. The SMILES string of the molecule is N=C(C(=O)NC1C(=O)N2C(C(=O)O)=C(C=C(C3CCCCC3)C3CCCCC3)CSC12)c1csc(N)n1. The molecule has 1 aromatic rings. The highest BCUT2D eigenvalue weighted by atomic mass is 32.2. The van der Waals surface area contributed by atoms with Crippen molar-refractivity contribution in [1.82, 2.24) is 15.2 Å². The molecule has 5 rings (SSSR count). The van der Waals surface area contributed by atoms with E-state index in [-0.39, 0.29) is 22.2 Å². The first-order valence-electron chi connectivity index (χ1n) is 13.1. The van der Waals surface area contributed by atoms with Crippen molar-refractivity contribution in [2.75, 3.05) is 11.5 Å². The minimum atomic E-state index is -1.12. The van der Waals surface area contributed by atoms with Crippen LogP contribution in [-0.4, -0.2) is 55.7 Å². The first-order valence-corrected chi connectivity index (χ1v) is 15.0. The molecule has 2 amide bonds. The molecule has 2 aliphatic carbocycles. The normalized spacial score (nSPS) is 24.8. The number of amides is 2. The zero-order valence-corrected chi connectivity index (χ0v) is 22.3. The molecule has 3 fully saturated rings. The van der Waals surface area contributed by atoms with E-state index in [1.54, 1.807) is 0 Å². The zero-order valence-electron chi connectivity index (χ0n) is 20.7. The van der Waals surface area contributed by atoms with Gasteiger partial charge in [0.25, 0.3) is 11.8 Å². The number of thioether (sulfide) groups is 1. The van der Waals surface area contributed by atoms with Gasteiger partial charge >= 0.3 is 5.97 Å². The van der Waals surface area contributed by atoms with Gasteiger partial charge in [-0.15, -0.1) is 23.1 Å². The van der Waals surface area contributed by atoms with Crippen molar-refractivity contribution in [1.29, 1.82) is 5.41 Å². The van der Waals surface area contributed by atoms with E-state index in [1.807, 2.05) is 0 Å². The van der Waals surface area contributed by atoms with Gasteiger partial charge in [0.05, 0.1) is 0 Å². The fourth-order valence-corrected chi connectivity index (χ4v) is 7.99. The minimum absolute atomic E-state index is 0.0331. The first kappa shape index (κ1) is 26.0. The number of nitrogens with two attached hydrogens (primary N) is 1. The fraction of sp³-hybridized carbons (Fsp3) is 0.577. The van der Waals surface area contributed by atoms with E-state index in [9.17, 15) is 19.5 Å². The minimum Gasteiger partial charge on any atom is -0.477 e. The number of carboxylic acids is 1. The number of allylic oxidation sites excluding steroid dienone is 2. The predicted molar refractivity (Wildman–Crippen MR) is 144 cm³/mol. The first-order chi connectivity index (χ1) is 17.8. The van der Waals surface area contributed by atoms with Gasteiger partial charge in [0.2, 0.25) is 0 Å². The Bertz CT molecular complexity index is 1140. The van der Waals surface area contributed by atoms with Crippen LogP contribution < -0.4 is 11.1 Å². The number of rotatable bonds is 7. The quantitative estimate of drug-likeness (QED) is 0.301. The molecule has 0 spiro atoms. The standard InChI is InChI=1S/C26H33N5O4S2/c27-19(18-13-37-26(28)29-18)22(32)30-20-23(33)31-21(25(34)35)16(12-36-24(20)31)11-17(14-7-3-1-4-8-14)15-9-5-2-6-10-15/h11,13-15,20,24,27H,1-10,12H2,(H2,28,29)(H,30,32)(H,34,35). The molecule has 198 valence electrons. The Morgan fingerprint density at radius 2 is 1.73 bits per heavy atom. The van der Waals surface area contributed by atoms with E-state index < -0.39 is 29.2 Å². The highest BCUT2D eigenvalue weighted by Crippen LogP contribution is 2.44. The van der Waals surface area contributed by atoms with Crippen LogP contribution in [0, 0.1) is 17.2 Å². The Morgan fingerprint density at radius 3 is 2.27 bits per heavy atom. The molecule has 1 saturated heterocycles. The molecule has 2 saturated carbocycles. The van der Waals surface area contributed by atoms with E-state index in [2.05, 4.69) is 16.4 Å². The van der Waals surface area contributed by atoms with Crippen molar-refractivity contribution in [2.24, 2.45) is 11.8 Å². The topological polar surface area (TPSA) is 149 Å². The third-order valence-corrected chi connectivity index (χ3v) is 9.96. The smallest absolute Gasteiger partial charge is 0.352 e. The Balaban J connectivity index is 1.38. The summed E-state index contributed by atoms with van der Waals surface area (Å²) in [6.45, 7) is 0. The maximum Gasteiger partial charge on any atom is 0.352 e. The Morgan fingerprint density at radius 1 is 1.11 bits per heavy atom. The van der Waals surface area contributed by atoms with Crippen LogP contribution in [0.25, 0.3) is 0 Å². The van der Waals surface area contributed by atoms with Crippen LogP contribution in [0.1, 0.15) is 69.9 Å². The van der Waals surface area contributed by atoms with E-state index in [1.165, 1.54) is 66.1 Å². The average Bonchev–Trinajstić information content (AvgIpc) is 3.36. The Hall–Kier alpha value is -2.66. The second-order valence-corrected chi connectivity index (χ2v) is 12.3. The number of nitrogens with zero attached hydrogens (tertiary/aromatic N) is 2. The van der Waals surface area contributed by atoms with Gasteiger partial charge in [0.15, 0.2) is 5.13 Å². The van der Waals surface area contributed by atoms with Crippen LogP contribution in [0.15, 0.2) is 28.3 Å². The van der Waals surface area contributed by atoms with Crippen molar-refractivity contribution >= 4 is 51.7 Å². The van der Waals surface area contributed by atoms with E-state index in [0.717, 1.165) is 37.0 Å². The van der Waals surface area contributed by atoms with Crippen molar-refractivity contribution in [3.8, 4) is 0 Å². The van der Waals surface area contributed by atoms with Crippen molar-refractivity contribution in [3.05, 3.63) is 34.0 Å². The van der Waals surface area contributed by atoms with Gasteiger partial charge < -0.3 is 16.2 Å². The number of β-lactam (4-membered cyclic amide) rings is 1. The van der Waals surface area contributed by atoms with Crippen LogP contribution in [0.2, 0.25) is 0 Å². The molecule has 11 heteroatoms. The number of hydrogen-bond donors (Lipinski definition) is 4. The number of fused-ring (bicyclic) bond motifs is 1. The number of nitrogens with one attached hydrogen (secondary N) is 2. The summed E-state index contributed by atoms with van der Waals surface area (Å²) in [5.74, 6) is -0.861. The maximum atomic E-state index is 13.1. The fourth-order valence-electron chi connectivity index (χ4n) is 6.13. The molecule has 9 nitrogen and oxygen atoms in total. The number of thiazole rings is 1. The van der Waals surface area contributed by atoms with Gasteiger partial charge in [-0.1, -0.05) is 50.2 Å². The van der Waals surface area contributed by atoms with Crippen LogP contribution in [0.3, 0.4) is 0 Å². The number of hydrogen-bond acceptors (Lipinski definition) is 8. The molecule has 0 radical (unpaired) electrons. The van der Waals surface area contributed by atoms with Gasteiger partial charge in [0.1, 0.15) is 28.5 Å². The molecule has 5 N–H and O–H groups in total. The second kappa shape index (κ2) is 11.0. The summed E-state index contributed by atoms with van der Waals surface area (Å²) in [5, 5.41) is 22.1. The van der Waals surface area contributed by atoms with Crippen LogP contribution in [-0.2, 0) is 14.4 Å². The lowest BCUT2D eigenvalue weighted by molar-refractivity contribution is -0.150. The third-order valence-electron chi connectivity index (χ3n) is 7.99. The molecule has 2 atom stereocenters. The van der Waals surface area contributed by atoms with E-state index in [4.69, 9.17) is 11.1 Å². The summed E-state index contributed by atoms with van der Waals surface area (Å²) >= 11 is 2.59. The number of nitrogen functional groups attached to an aromatic ring is 1. The monoisotopic (exact) mass is 543 g/mol. The molecule has 2 unspecified atom stereocenters. The highest BCUT2D eigenvalue weighted by molar-refractivity contribution is 8.00. The van der Waals surface area contributed by atoms with Gasteiger partial charge in [0, 0.05) is 11.1 Å². The van der Waals surface area contributed by atoms with Crippen molar-refractivity contribution in [3.63, 3.8) is 0 Å². The van der Waals surface area contributed by atoms with Gasteiger partial charge in [-0.25, -0.2) is 9.78 Å². The molecule has 0 bridgehead atoms. The third kappa shape index (κ3) is 5.20. The summed E-state index contributed by atoms with van der Waals surface area (Å²) in [6.07, 6.45) is 14.1. The number of carbonyl (C=O) groups is 3. The van der Waals surface area contributed by atoms with Gasteiger partial charge in [-0.05, 0) is 43.1 Å². The predicted octanol–water partition coefficient (Wildman–Crippen LogP) is 3.92. The summed E-state index contributed by atoms with van der Waals surface area (Å²) in [7, 11) is 0. The van der Waals surface area contributed by atoms with Crippen molar-refractivity contribution < 1.29 is 19.5 Å². The Labute approximate surface area is 224 Å². The van der Waals surface area contributed by atoms with Crippen LogP contribution in [0.5, 0.6) is 0 Å². The second-order valence-electron chi connectivity index (χ2n) is 10.3. The Kier molecular flexibility index (Phi) is 7.71. The summed E-state index contributed by atoms with van der Waals surface area (Å²) < 4.78 is 0.